The van der Waals surface area contributed by atoms with Gasteiger partial charge in [-0.1, -0.05) is 13.8 Å². The fourth-order valence-electron chi connectivity index (χ4n) is 2.88. The van der Waals surface area contributed by atoms with E-state index in [-0.39, 0.29) is 6.10 Å². The molecule has 108 valence electrons. The first kappa shape index (κ1) is 14.6. The molecule has 1 heterocycles. The molecule has 1 N–H and O–H groups in total. The molecule has 2 atom stereocenters. The molecule has 0 spiro atoms. The van der Waals surface area contributed by atoms with Crippen LogP contribution in [0.5, 0.6) is 5.75 Å². The Balaban J connectivity index is 1.95. The van der Waals surface area contributed by atoms with Gasteiger partial charge in [0.25, 0.3) is 0 Å². The summed E-state index contributed by atoms with van der Waals surface area (Å²) < 4.78 is 5.97. The molecular weight excluding hydrogens is 254 g/mol. The van der Waals surface area contributed by atoms with Crippen molar-refractivity contribution in [3.05, 3.63) is 30.1 Å². The Morgan fingerprint density at radius 2 is 2.00 bits per heavy atom. The van der Waals surface area contributed by atoms with Crippen LogP contribution in [0.25, 0.3) is 6.08 Å². The van der Waals surface area contributed by atoms with Crippen LogP contribution in [0, 0.1) is 11.8 Å². The number of carboxylic acid groups (broad SMARTS) is 1. The highest BCUT2D eigenvalue weighted by molar-refractivity contribution is 5.84. The van der Waals surface area contributed by atoms with E-state index in [0.29, 0.717) is 17.5 Å². The second kappa shape index (κ2) is 6.55. The summed E-state index contributed by atoms with van der Waals surface area (Å²) in [4.78, 5) is 14.6. The van der Waals surface area contributed by atoms with Crippen molar-refractivity contribution in [3.63, 3.8) is 0 Å². The molecule has 4 nitrogen and oxygen atoms in total. The average molecular weight is 275 g/mol. The van der Waals surface area contributed by atoms with E-state index in [1.807, 2.05) is 6.07 Å². The molecule has 0 bridgehead atoms. The minimum Gasteiger partial charge on any atom is -0.489 e. The molecule has 0 saturated heterocycles. The maximum Gasteiger partial charge on any atom is 0.328 e. The molecule has 2 unspecified atom stereocenters. The topological polar surface area (TPSA) is 59.4 Å². The Kier molecular flexibility index (Phi) is 4.77. The van der Waals surface area contributed by atoms with Gasteiger partial charge < -0.3 is 9.84 Å². The number of carboxylic acids is 1. The van der Waals surface area contributed by atoms with Gasteiger partial charge in [0.2, 0.25) is 0 Å². The van der Waals surface area contributed by atoms with E-state index in [2.05, 4.69) is 18.8 Å². The first-order valence-electron chi connectivity index (χ1n) is 7.06. The van der Waals surface area contributed by atoms with Gasteiger partial charge in [-0.2, -0.15) is 0 Å². The SMILES string of the molecule is CC1CC(C)CC(Oc2ccc(C=CC(=O)O)nc2)C1. The standard InChI is InChI=1S/C16H21NO3/c1-11-7-12(2)9-15(8-11)20-14-5-3-13(17-10-14)4-6-16(18)19/h3-6,10-12,15H,7-9H2,1-2H3,(H,18,19). The quantitative estimate of drug-likeness (QED) is 0.856. The van der Waals surface area contributed by atoms with Crippen molar-refractivity contribution in [1.82, 2.24) is 4.98 Å². The van der Waals surface area contributed by atoms with Crippen molar-refractivity contribution in [3.8, 4) is 5.75 Å². The Hall–Kier alpha value is -1.84. The monoisotopic (exact) mass is 275 g/mol. The number of pyridine rings is 1. The van der Waals surface area contributed by atoms with E-state index in [1.165, 1.54) is 12.5 Å². The van der Waals surface area contributed by atoms with Crippen LogP contribution in [-0.4, -0.2) is 22.2 Å². The van der Waals surface area contributed by atoms with Crippen molar-refractivity contribution in [2.75, 3.05) is 0 Å². The summed E-state index contributed by atoms with van der Waals surface area (Å²) in [6.45, 7) is 4.54. The molecule has 0 aromatic carbocycles. The van der Waals surface area contributed by atoms with E-state index in [4.69, 9.17) is 9.84 Å². The number of nitrogens with zero attached hydrogens (tertiary/aromatic N) is 1. The van der Waals surface area contributed by atoms with Crippen LogP contribution in [-0.2, 0) is 4.79 Å². The smallest absolute Gasteiger partial charge is 0.328 e. The minimum absolute atomic E-state index is 0.260. The number of carbonyl (C=O) groups is 1. The summed E-state index contributed by atoms with van der Waals surface area (Å²) in [5.41, 5.74) is 0.616. The molecule has 4 heteroatoms. The summed E-state index contributed by atoms with van der Waals surface area (Å²) in [5, 5.41) is 8.56. The summed E-state index contributed by atoms with van der Waals surface area (Å²) in [6, 6.07) is 3.61. The molecule has 0 amide bonds. The van der Waals surface area contributed by atoms with E-state index in [0.717, 1.165) is 24.7 Å². The summed E-state index contributed by atoms with van der Waals surface area (Å²) in [6.07, 6.45) is 7.92. The second-order valence-electron chi connectivity index (χ2n) is 5.75. The van der Waals surface area contributed by atoms with Gasteiger partial charge in [0.05, 0.1) is 18.0 Å². The van der Waals surface area contributed by atoms with Crippen LogP contribution in [0.2, 0.25) is 0 Å². The summed E-state index contributed by atoms with van der Waals surface area (Å²) in [5.74, 6) is 1.19. The molecule has 0 radical (unpaired) electrons. The highest BCUT2D eigenvalue weighted by atomic mass is 16.5. The number of aromatic nitrogens is 1. The zero-order chi connectivity index (χ0) is 14.5. The number of rotatable bonds is 4. The van der Waals surface area contributed by atoms with Crippen molar-refractivity contribution in [2.45, 2.75) is 39.2 Å². The Labute approximate surface area is 119 Å². The van der Waals surface area contributed by atoms with Crippen LogP contribution >= 0.6 is 0 Å². The number of ether oxygens (including phenoxy) is 1. The van der Waals surface area contributed by atoms with E-state index in [1.54, 1.807) is 12.3 Å². The van der Waals surface area contributed by atoms with Crippen LogP contribution in [0.3, 0.4) is 0 Å². The fourth-order valence-corrected chi connectivity index (χ4v) is 2.88. The average Bonchev–Trinajstić information content (AvgIpc) is 2.36. The van der Waals surface area contributed by atoms with Gasteiger partial charge in [0.1, 0.15) is 5.75 Å². The molecule has 1 aromatic rings. The van der Waals surface area contributed by atoms with Gasteiger partial charge in [-0.15, -0.1) is 0 Å². The van der Waals surface area contributed by atoms with Crippen molar-refractivity contribution in [1.29, 1.82) is 0 Å². The largest absolute Gasteiger partial charge is 0.489 e. The third-order valence-corrected chi connectivity index (χ3v) is 3.59. The molecule has 1 aromatic heterocycles. The minimum atomic E-state index is -0.975. The lowest BCUT2D eigenvalue weighted by Gasteiger charge is -2.31. The van der Waals surface area contributed by atoms with Crippen molar-refractivity contribution in [2.24, 2.45) is 11.8 Å². The van der Waals surface area contributed by atoms with E-state index >= 15 is 0 Å². The van der Waals surface area contributed by atoms with Crippen LogP contribution in [0.4, 0.5) is 0 Å². The summed E-state index contributed by atoms with van der Waals surface area (Å²) >= 11 is 0. The van der Waals surface area contributed by atoms with Gasteiger partial charge in [-0.05, 0) is 49.3 Å². The third kappa shape index (κ3) is 4.37. The maximum atomic E-state index is 10.4. The lowest BCUT2D eigenvalue weighted by Crippen LogP contribution is -2.28. The predicted octanol–water partition coefficient (Wildman–Crippen LogP) is 3.38. The number of hydrogen-bond donors (Lipinski definition) is 1. The van der Waals surface area contributed by atoms with Crippen LogP contribution in [0.15, 0.2) is 24.4 Å². The number of hydrogen-bond acceptors (Lipinski definition) is 3. The maximum absolute atomic E-state index is 10.4. The van der Waals surface area contributed by atoms with Crippen LogP contribution in [0.1, 0.15) is 38.8 Å². The predicted molar refractivity (Wildman–Crippen MR) is 77.5 cm³/mol. The van der Waals surface area contributed by atoms with Gasteiger partial charge in [-0.3, -0.25) is 4.98 Å². The van der Waals surface area contributed by atoms with Crippen LogP contribution < -0.4 is 4.74 Å². The Bertz CT molecular complexity index is 471. The Morgan fingerprint density at radius 1 is 1.30 bits per heavy atom. The van der Waals surface area contributed by atoms with E-state index < -0.39 is 5.97 Å². The van der Waals surface area contributed by atoms with Gasteiger partial charge in [-0.25, -0.2) is 4.79 Å². The zero-order valence-corrected chi connectivity index (χ0v) is 12.0. The molecule has 0 aliphatic heterocycles. The molecular formula is C16H21NO3. The summed E-state index contributed by atoms with van der Waals surface area (Å²) in [7, 11) is 0. The first-order valence-corrected chi connectivity index (χ1v) is 7.06. The number of aliphatic carboxylic acids is 1. The molecule has 1 aliphatic carbocycles. The fraction of sp³-hybridized carbons (Fsp3) is 0.500. The van der Waals surface area contributed by atoms with Gasteiger partial charge in [0.15, 0.2) is 0 Å². The molecule has 2 rings (SSSR count). The van der Waals surface area contributed by atoms with Crippen molar-refractivity contribution < 1.29 is 14.6 Å². The van der Waals surface area contributed by atoms with Crippen molar-refractivity contribution >= 4 is 12.0 Å². The zero-order valence-electron chi connectivity index (χ0n) is 12.0. The Morgan fingerprint density at radius 3 is 2.55 bits per heavy atom. The molecule has 1 fully saturated rings. The highest BCUT2D eigenvalue weighted by Gasteiger charge is 2.25. The van der Waals surface area contributed by atoms with Gasteiger partial charge >= 0.3 is 5.97 Å². The lowest BCUT2D eigenvalue weighted by molar-refractivity contribution is -0.131. The molecule has 20 heavy (non-hydrogen) atoms. The molecule has 1 saturated carbocycles. The third-order valence-electron chi connectivity index (χ3n) is 3.59. The molecule has 1 aliphatic rings. The van der Waals surface area contributed by atoms with E-state index in [9.17, 15) is 4.79 Å². The highest BCUT2D eigenvalue weighted by Crippen LogP contribution is 2.31. The lowest BCUT2D eigenvalue weighted by atomic mass is 9.82. The van der Waals surface area contributed by atoms with Gasteiger partial charge in [0, 0.05) is 6.08 Å². The second-order valence-corrected chi connectivity index (χ2v) is 5.75. The first-order chi connectivity index (χ1) is 9.52. The normalized spacial score (nSPS) is 26.6.